The second-order valence-electron chi connectivity index (χ2n) is 7.75. The molecule has 1 aromatic rings. The van der Waals surface area contributed by atoms with E-state index in [4.69, 9.17) is 4.74 Å². The lowest BCUT2D eigenvalue weighted by molar-refractivity contribution is -0.106. The molecule has 0 bridgehead atoms. The van der Waals surface area contributed by atoms with Gasteiger partial charge in [-0.1, -0.05) is 13.8 Å². The molecule has 1 amide bonds. The highest BCUT2D eigenvalue weighted by Crippen LogP contribution is 2.52. The minimum absolute atomic E-state index is 0.0877. The maximum Gasteiger partial charge on any atom is 0.251 e. The number of phenols is 1. The molecule has 4 N–H and O–H groups in total. The van der Waals surface area contributed by atoms with E-state index in [0.717, 1.165) is 25.5 Å². The summed E-state index contributed by atoms with van der Waals surface area (Å²) in [4.78, 5) is 16.7. The van der Waals surface area contributed by atoms with Gasteiger partial charge in [0, 0.05) is 42.6 Å². The fraction of sp³-hybridized carbons (Fsp3) is 0.600. The molecule has 3 atom stereocenters. The van der Waals surface area contributed by atoms with E-state index in [-0.39, 0.29) is 17.1 Å². The average molecular weight is 374 g/mol. The van der Waals surface area contributed by atoms with Gasteiger partial charge in [-0.2, -0.15) is 0 Å². The first-order chi connectivity index (χ1) is 12.9. The average Bonchev–Trinajstić information content (AvgIpc) is 3.10. The lowest BCUT2D eigenvalue weighted by Gasteiger charge is -2.54. The van der Waals surface area contributed by atoms with Gasteiger partial charge >= 0.3 is 0 Å². The number of nitrogens with zero attached hydrogens (tertiary/aromatic N) is 1. The van der Waals surface area contributed by atoms with E-state index < -0.39 is 0 Å². The van der Waals surface area contributed by atoms with Crippen LogP contribution in [0.2, 0.25) is 0 Å². The number of nitrogens with one attached hydrogen (secondary N) is 3. The highest BCUT2D eigenvalue weighted by molar-refractivity contribution is 5.94. The molecule has 0 spiro atoms. The van der Waals surface area contributed by atoms with Gasteiger partial charge in [-0.05, 0) is 37.6 Å². The number of carbonyl (C=O) groups is 1. The molecular weight excluding hydrogens is 344 g/mol. The third-order valence-corrected chi connectivity index (χ3v) is 5.53. The van der Waals surface area contributed by atoms with Crippen molar-refractivity contribution in [1.82, 2.24) is 16.0 Å². The number of rotatable bonds is 6. The highest BCUT2D eigenvalue weighted by atomic mass is 16.5. The highest BCUT2D eigenvalue weighted by Gasteiger charge is 2.59. The number of fused-ring (bicyclic) bond motifs is 1. The van der Waals surface area contributed by atoms with Gasteiger partial charge in [0.05, 0.1) is 12.6 Å². The van der Waals surface area contributed by atoms with E-state index in [0.29, 0.717) is 36.7 Å². The van der Waals surface area contributed by atoms with Crippen molar-refractivity contribution in [3.8, 4) is 5.75 Å². The van der Waals surface area contributed by atoms with Crippen molar-refractivity contribution >= 4 is 11.9 Å². The summed E-state index contributed by atoms with van der Waals surface area (Å²) >= 11 is 0. The number of amides is 1. The molecule has 0 radical (unpaired) electrons. The number of guanidine groups is 1. The van der Waals surface area contributed by atoms with Crippen molar-refractivity contribution in [2.75, 3.05) is 26.2 Å². The van der Waals surface area contributed by atoms with E-state index in [1.165, 1.54) is 12.1 Å². The molecule has 1 saturated heterocycles. The second-order valence-corrected chi connectivity index (χ2v) is 7.75. The lowest BCUT2D eigenvalue weighted by Crippen LogP contribution is -2.68. The Bertz CT molecular complexity index is 687. The van der Waals surface area contributed by atoms with Gasteiger partial charge < -0.3 is 25.8 Å². The number of ether oxygens (including phenoxy) is 1. The number of aliphatic imine (C=N–C) groups is 1. The van der Waals surface area contributed by atoms with Gasteiger partial charge in [0.25, 0.3) is 5.91 Å². The maximum absolute atomic E-state index is 12.1. The zero-order chi connectivity index (χ0) is 19.4. The van der Waals surface area contributed by atoms with E-state index in [1.54, 1.807) is 12.1 Å². The number of phenolic OH excluding ortho intramolecular Hbond substituents is 1. The van der Waals surface area contributed by atoms with Crippen LogP contribution in [0.1, 0.15) is 37.6 Å². The van der Waals surface area contributed by atoms with Crippen molar-refractivity contribution in [3.63, 3.8) is 0 Å². The van der Waals surface area contributed by atoms with Gasteiger partial charge in [-0.25, -0.2) is 0 Å². The standard InChI is InChI=1S/C20H30N4O3/c1-4-21-19(24-16-15-9-12-27-17(15)20(16,2)3)23-11-10-22-18(26)13-5-7-14(25)8-6-13/h5-8,15-17,25H,4,9-12H2,1-3H3,(H,22,26)(H2,21,23,24). The zero-order valence-electron chi connectivity index (χ0n) is 16.3. The third kappa shape index (κ3) is 4.18. The van der Waals surface area contributed by atoms with Crippen LogP contribution in [0.25, 0.3) is 0 Å². The monoisotopic (exact) mass is 374 g/mol. The minimum atomic E-state index is -0.172. The van der Waals surface area contributed by atoms with Crippen LogP contribution in [-0.2, 0) is 4.74 Å². The molecule has 1 heterocycles. The topological polar surface area (TPSA) is 95.0 Å². The summed E-state index contributed by atoms with van der Waals surface area (Å²) < 4.78 is 5.85. The number of benzene rings is 1. The summed E-state index contributed by atoms with van der Waals surface area (Å²) in [6, 6.07) is 6.53. The van der Waals surface area contributed by atoms with Crippen LogP contribution in [0, 0.1) is 11.3 Å². The molecule has 1 aliphatic heterocycles. The Morgan fingerprint density at radius 1 is 1.30 bits per heavy atom. The Morgan fingerprint density at radius 2 is 2.04 bits per heavy atom. The van der Waals surface area contributed by atoms with Gasteiger partial charge in [0.1, 0.15) is 5.75 Å². The van der Waals surface area contributed by atoms with Crippen molar-refractivity contribution in [2.24, 2.45) is 16.3 Å². The number of aromatic hydroxyl groups is 1. The van der Waals surface area contributed by atoms with Gasteiger partial charge in [-0.15, -0.1) is 0 Å². The molecule has 7 nitrogen and oxygen atoms in total. The molecule has 148 valence electrons. The summed E-state index contributed by atoms with van der Waals surface area (Å²) in [6.45, 7) is 9.06. The molecule has 7 heteroatoms. The van der Waals surface area contributed by atoms with Gasteiger partial charge in [-0.3, -0.25) is 9.79 Å². The van der Waals surface area contributed by atoms with Gasteiger partial charge in [0.2, 0.25) is 0 Å². The minimum Gasteiger partial charge on any atom is -0.508 e. The quantitative estimate of drug-likeness (QED) is 0.344. The molecule has 3 unspecified atom stereocenters. The summed E-state index contributed by atoms with van der Waals surface area (Å²) in [5.74, 6) is 1.29. The summed E-state index contributed by atoms with van der Waals surface area (Å²) in [7, 11) is 0. The SMILES string of the molecule is CCNC(=NCCNC(=O)c1ccc(O)cc1)NC1C2CCOC2C1(C)C. The predicted molar refractivity (Wildman–Crippen MR) is 105 cm³/mol. The van der Waals surface area contributed by atoms with E-state index in [1.807, 2.05) is 6.92 Å². The number of hydrogen-bond acceptors (Lipinski definition) is 4. The Kier molecular flexibility index (Phi) is 5.89. The number of hydrogen-bond donors (Lipinski definition) is 4. The molecule has 2 fully saturated rings. The first-order valence-electron chi connectivity index (χ1n) is 9.67. The van der Waals surface area contributed by atoms with Crippen LogP contribution in [0.4, 0.5) is 0 Å². The summed E-state index contributed by atoms with van der Waals surface area (Å²) in [5, 5.41) is 19.0. The first kappa shape index (κ1) is 19.5. The summed E-state index contributed by atoms with van der Waals surface area (Å²) in [5.41, 5.74) is 0.607. The van der Waals surface area contributed by atoms with E-state index >= 15 is 0 Å². The summed E-state index contributed by atoms with van der Waals surface area (Å²) in [6.07, 6.45) is 1.43. The molecule has 3 rings (SSSR count). The van der Waals surface area contributed by atoms with E-state index in [9.17, 15) is 9.90 Å². The Morgan fingerprint density at radius 3 is 2.74 bits per heavy atom. The first-order valence-corrected chi connectivity index (χ1v) is 9.67. The van der Waals surface area contributed by atoms with Crippen molar-refractivity contribution in [1.29, 1.82) is 0 Å². The van der Waals surface area contributed by atoms with Crippen molar-refractivity contribution in [3.05, 3.63) is 29.8 Å². The van der Waals surface area contributed by atoms with Crippen LogP contribution in [0.5, 0.6) is 5.75 Å². The lowest BCUT2D eigenvalue weighted by atomic mass is 9.57. The fourth-order valence-corrected chi connectivity index (χ4v) is 4.14. The van der Waals surface area contributed by atoms with Crippen LogP contribution in [0.15, 0.2) is 29.3 Å². The van der Waals surface area contributed by atoms with Gasteiger partial charge in [0.15, 0.2) is 5.96 Å². The van der Waals surface area contributed by atoms with Crippen LogP contribution in [-0.4, -0.2) is 55.4 Å². The third-order valence-electron chi connectivity index (χ3n) is 5.53. The molecule has 1 saturated carbocycles. The van der Waals surface area contributed by atoms with Crippen LogP contribution in [0.3, 0.4) is 0 Å². The normalized spacial score (nSPS) is 26.0. The largest absolute Gasteiger partial charge is 0.508 e. The zero-order valence-corrected chi connectivity index (χ0v) is 16.3. The molecule has 27 heavy (non-hydrogen) atoms. The second kappa shape index (κ2) is 8.17. The Labute approximate surface area is 160 Å². The molecule has 1 aromatic carbocycles. The van der Waals surface area contributed by atoms with E-state index in [2.05, 4.69) is 34.8 Å². The van der Waals surface area contributed by atoms with Crippen molar-refractivity contribution < 1.29 is 14.6 Å². The predicted octanol–water partition coefficient (Wildman–Crippen LogP) is 1.49. The van der Waals surface area contributed by atoms with Crippen LogP contribution >= 0.6 is 0 Å². The fourth-order valence-electron chi connectivity index (χ4n) is 4.14. The van der Waals surface area contributed by atoms with Crippen molar-refractivity contribution in [2.45, 2.75) is 39.3 Å². The molecule has 1 aliphatic carbocycles. The van der Waals surface area contributed by atoms with Crippen LogP contribution < -0.4 is 16.0 Å². The smallest absolute Gasteiger partial charge is 0.251 e. The number of carbonyl (C=O) groups excluding carboxylic acids is 1. The molecular formula is C20H30N4O3. The Hall–Kier alpha value is -2.28. The molecule has 2 aliphatic rings. The Balaban J connectivity index is 1.50. The maximum atomic E-state index is 12.1. The molecule has 0 aromatic heterocycles.